The van der Waals surface area contributed by atoms with E-state index in [1.807, 2.05) is 6.08 Å². The summed E-state index contributed by atoms with van der Waals surface area (Å²) in [4.78, 5) is 13.1. The zero-order chi connectivity index (χ0) is 8.65. The second-order valence-electron chi connectivity index (χ2n) is 3.05. The van der Waals surface area contributed by atoms with E-state index in [1.165, 1.54) is 25.1 Å². The Bertz CT molecular complexity index is 189. The van der Waals surface area contributed by atoms with Crippen LogP contribution in [0.5, 0.6) is 0 Å². The minimum absolute atomic E-state index is 0.719. The molecule has 3 nitrogen and oxygen atoms in total. The quantitative estimate of drug-likeness (QED) is 0.506. The summed E-state index contributed by atoms with van der Waals surface area (Å²) < 4.78 is 0. The monoisotopic (exact) mass is 166 g/mol. The first-order valence-corrected chi connectivity index (χ1v) is 4.36. The number of hydrogen-bond acceptors (Lipinski definition) is 3. The van der Waals surface area contributed by atoms with Gasteiger partial charge in [0.2, 0.25) is 6.08 Å². The number of hydrogen-bond donors (Lipinski definition) is 1. The minimum atomic E-state index is 0.719. The maximum Gasteiger partial charge on any atom is 0.239 e. The van der Waals surface area contributed by atoms with Crippen LogP contribution in [0.25, 0.3) is 0 Å². The molecule has 0 bridgehead atoms. The van der Waals surface area contributed by atoms with Crippen LogP contribution in [-0.2, 0) is 4.79 Å². The molecule has 0 spiro atoms. The van der Waals surface area contributed by atoms with Crippen molar-refractivity contribution in [3.8, 4) is 0 Å². The largest absolute Gasteiger partial charge is 0.316 e. The Morgan fingerprint density at radius 3 is 3.25 bits per heavy atom. The lowest BCUT2D eigenvalue weighted by molar-refractivity contribution is 0.381. The predicted molar refractivity (Wildman–Crippen MR) is 47.5 cm³/mol. The normalized spacial score (nSPS) is 23.8. The van der Waals surface area contributed by atoms with Crippen molar-refractivity contribution in [2.24, 2.45) is 10.9 Å². The summed E-state index contributed by atoms with van der Waals surface area (Å²) in [6.45, 7) is 2.24. The Kier molecular flexibility index (Phi) is 4.35. The van der Waals surface area contributed by atoms with Gasteiger partial charge in [0.15, 0.2) is 0 Å². The lowest BCUT2D eigenvalue weighted by Crippen LogP contribution is -2.29. The van der Waals surface area contributed by atoms with Crippen LogP contribution < -0.4 is 5.32 Å². The van der Waals surface area contributed by atoms with Gasteiger partial charge < -0.3 is 5.32 Å². The number of aliphatic imine (C=N–C) groups is 1. The van der Waals surface area contributed by atoms with Crippen molar-refractivity contribution in [3.63, 3.8) is 0 Å². The van der Waals surface area contributed by atoms with E-state index in [9.17, 15) is 4.79 Å². The molecule has 66 valence electrons. The molecule has 0 aromatic rings. The van der Waals surface area contributed by atoms with Crippen LogP contribution in [0.3, 0.4) is 0 Å². The zero-order valence-electron chi connectivity index (χ0n) is 7.12. The highest BCUT2D eigenvalue weighted by molar-refractivity contribution is 5.34. The fourth-order valence-corrected chi connectivity index (χ4v) is 1.46. The van der Waals surface area contributed by atoms with Crippen LogP contribution >= 0.6 is 0 Å². The summed E-state index contributed by atoms with van der Waals surface area (Å²) in [6.07, 6.45) is 8.49. The topological polar surface area (TPSA) is 41.5 Å². The van der Waals surface area contributed by atoms with E-state index >= 15 is 0 Å². The predicted octanol–water partition coefficient (Wildman–Crippen LogP) is 1.23. The van der Waals surface area contributed by atoms with Crippen LogP contribution in [0, 0.1) is 5.92 Å². The molecule has 0 radical (unpaired) electrons. The number of nitrogens with one attached hydrogen (secondary N) is 1. The number of piperidine rings is 1. The molecule has 1 saturated heterocycles. The van der Waals surface area contributed by atoms with Gasteiger partial charge in [0.25, 0.3) is 0 Å². The smallest absolute Gasteiger partial charge is 0.239 e. The van der Waals surface area contributed by atoms with Crippen LogP contribution in [0.15, 0.2) is 17.3 Å². The SMILES string of the molecule is O=C=N/C=C\CC1CCCNC1. The Morgan fingerprint density at radius 2 is 2.58 bits per heavy atom. The number of allylic oxidation sites excluding steroid dienone is 1. The van der Waals surface area contributed by atoms with Crippen molar-refractivity contribution in [2.45, 2.75) is 19.3 Å². The van der Waals surface area contributed by atoms with Crippen LogP contribution in [0.1, 0.15) is 19.3 Å². The van der Waals surface area contributed by atoms with Crippen molar-refractivity contribution in [1.29, 1.82) is 0 Å². The van der Waals surface area contributed by atoms with E-state index in [-0.39, 0.29) is 0 Å². The third-order valence-electron chi connectivity index (χ3n) is 2.10. The summed E-state index contributed by atoms with van der Waals surface area (Å²) in [5.74, 6) is 0.719. The van der Waals surface area contributed by atoms with Gasteiger partial charge in [0.1, 0.15) is 0 Å². The van der Waals surface area contributed by atoms with E-state index in [2.05, 4.69) is 10.3 Å². The van der Waals surface area contributed by atoms with Gasteiger partial charge in [-0.15, -0.1) is 0 Å². The molecule has 0 amide bonds. The lowest BCUT2D eigenvalue weighted by atomic mass is 9.96. The number of isocyanates is 1. The standard InChI is InChI=1S/C9H14N2O/c12-8-11-6-2-4-9-3-1-5-10-7-9/h2,6,9-10H,1,3-5,7H2/b6-2-. The highest BCUT2D eigenvalue weighted by Crippen LogP contribution is 2.13. The Balaban J connectivity index is 2.16. The van der Waals surface area contributed by atoms with Gasteiger partial charge in [-0.3, -0.25) is 0 Å². The Labute approximate surface area is 72.6 Å². The molecular weight excluding hydrogens is 152 g/mol. The fourth-order valence-electron chi connectivity index (χ4n) is 1.46. The van der Waals surface area contributed by atoms with Crippen LogP contribution in [0.2, 0.25) is 0 Å². The molecule has 0 aromatic carbocycles. The molecule has 1 aliphatic rings. The van der Waals surface area contributed by atoms with E-state index in [4.69, 9.17) is 0 Å². The number of carbonyl (C=O) groups excluding carboxylic acids is 1. The molecule has 1 rings (SSSR count). The van der Waals surface area contributed by atoms with Gasteiger partial charge >= 0.3 is 0 Å². The third kappa shape index (κ3) is 3.46. The Hall–Kier alpha value is -0.920. The molecule has 0 saturated carbocycles. The summed E-state index contributed by atoms with van der Waals surface area (Å²) >= 11 is 0. The van der Waals surface area contributed by atoms with E-state index in [0.29, 0.717) is 0 Å². The molecule has 1 atom stereocenters. The van der Waals surface area contributed by atoms with Gasteiger partial charge in [0, 0.05) is 6.20 Å². The highest BCUT2D eigenvalue weighted by Gasteiger charge is 2.10. The summed E-state index contributed by atoms with van der Waals surface area (Å²) in [7, 11) is 0. The van der Waals surface area contributed by atoms with Crippen LogP contribution in [0.4, 0.5) is 0 Å². The van der Waals surface area contributed by atoms with Crippen LogP contribution in [-0.4, -0.2) is 19.2 Å². The van der Waals surface area contributed by atoms with Crippen molar-refractivity contribution in [2.75, 3.05) is 13.1 Å². The minimum Gasteiger partial charge on any atom is -0.316 e. The van der Waals surface area contributed by atoms with Crippen molar-refractivity contribution in [1.82, 2.24) is 5.32 Å². The fraction of sp³-hybridized carbons (Fsp3) is 0.667. The number of rotatable bonds is 3. The molecule has 0 aromatic heterocycles. The molecule has 0 aliphatic carbocycles. The van der Waals surface area contributed by atoms with E-state index in [1.54, 1.807) is 0 Å². The Morgan fingerprint density at radius 1 is 1.67 bits per heavy atom. The van der Waals surface area contributed by atoms with Gasteiger partial charge in [0.05, 0.1) is 0 Å². The lowest BCUT2D eigenvalue weighted by Gasteiger charge is -2.20. The van der Waals surface area contributed by atoms with Crippen molar-refractivity contribution < 1.29 is 4.79 Å². The molecule has 1 heterocycles. The second kappa shape index (κ2) is 5.70. The molecular formula is C9H14N2O. The molecule has 1 N–H and O–H groups in total. The summed E-state index contributed by atoms with van der Waals surface area (Å²) in [5, 5.41) is 3.33. The molecule has 1 aliphatic heterocycles. The van der Waals surface area contributed by atoms with Crippen molar-refractivity contribution in [3.05, 3.63) is 12.3 Å². The van der Waals surface area contributed by atoms with E-state index < -0.39 is 0 Å². The van der Waals surface area contributed by atoms with Gasteiger partial charge in [-0.1, -0.05) is 6.08 Å². The van der Waals surface area contributed by atoms with Gasteiger partial charge in [-0.05, 0) is 38.3 Å². The van der Waals surface area contributed by atoms with E-state index in [0.717, 1.165) is 25.4 Å². The van der Waals surface area contributed by atoms with Gasteiger partial charge in [-0.2, -0.15) is 4.99 Å². The summed E-state index contributed by atoms with van der Waals surface area (Å²) in [5.41, 5.74) is 0. The second-order valence-corrected chi connectivity index (χ2v) is 3.05. The molecule has 3 heteroatoms. The average Bonchev–Trinajstić information content (AvgIpc) is 2.14. The maximum atomic E-state index is 9.70. The molecule has 1 fully saturated rings. The van der Waals surface area contributed by atoms with Gasteiger partial charge in [-0.25, -0.2) is 4.79 Å². The molecule has 12 heavy (non-hydrogen) atoms. The maximum absolute atomic E-state index is 9.70. The highest BCUT2D eigenvalue weighted by atomic mass is 16.1. The zero-order valence-corrected chi connectivity index (χ0v) is 7.12. The summed E-state index contributed by atoms with van der Waals surface area (Å²) in [6, 6.07) is 0. The average molecular weight is 166 g/mol. The molecule has 1 unspecified atom stereocenters. The first-order chi connectivity index (χ1) is 5.93. The van der Waals surface area contributed by atoms with Crippen molar-refractivity contribution >= 4 is 6.08 Å². The third-order valence-corrected chi connectivity index (χ3v) is 2.10. The number of nitrogens with zero attached hydrogens (tertiary/aromatic N) is 1. The first kappa shape index (κ1) is 9.17. The first-order valence-electron chi connectivity index (χ1n) is 4.36.